The second kappa shape index (κ2) is 7.53. The van der Waals surface area contributed by atoms with Crippen LogP contribution >= 0.6 is 0 Å². The summed E-state index contributed by atoms with van der Waals surface area (Å²) in [7, 11) is 0. The van der Waals surface area contributed by atoms with Crippen molar-refractivity contribution in [2.24, 2.45) is 0 Å². The van der Waals surface area contributed by atoms with Crippen molar-refractivity contribution in [3.8, 4) is 0 Å². The molecule has 1 fully saturated rings. The summed E-state index contributed by atoms with van der Waals surface area (Å²) in [5.41, 5.74) is 3.06. The number of fused-ring (bicyclic) bond motifs is 3. The Morgan fingerprint density at radius 1 is 1.07 bits per heavy atom. The van der Waals surface area contributed by atoms with Crippen LogP contribution in [0.1, 0.15) is 26.8 Å². The Balaban J connectivity index is 1.44. The SMILES string of the molecule is CC(C)n1ncc2ccc3cnc(Nc4ccc(N5CCN[C@@H](C)C5)cn4)nc3c21. The predicted octanol–water partition coefficient (Wildman–Crippen LogP) is 3.50. The Kier molecular flexibility index (Phi) is 4.71. The minimum Gasteiger partial charge on any atom is -0.367 e. The molecular weight excluding hydrogens is 376 g/mol. The minimum absolute atomic E-state index is 0.251. The third kappa shape index (κ3) is 3.43. The number of piperazine rings is 1. The number of benzene rings is 1. The van der Waals surface area contributed by atoms with E-state index in [4.69, 9.17) is 4.98 Å². The van der Waals surface area contributed by atoms with E-state index in [1.807, 2.05) is 35.4 Å². The fourth-order valence-corrected chi connectivity index (χ4v) is 4.01. The number of pyridine rings is 1. The van der Waals surface area contributed by atoms with Gasteiger partial charge in [-0.3, -0.25) is 4.68 Å². The maximum Gasteiger partial charge on any atom is 0.228 e. The van der Waals surface area contributed by atoms with E-state index in [0.29, 0.717) is 12.0 Å². The van der Waals surface area contributed by atoms with Crippen molar-refractivity contribution in [3.63, 3.8) is 0 Å². The number of rotatable bonds is 4. The topological polar surface area (TPSA) is 83.8 Å². The molecular formula is C22H26N8. The van der Waals surface area contributed by atoms with Crippen molar-refractivity contribution in [2.75, 3.05) is 29.9 Å². The Hall–Kier alpha value is -3.26. The highest BCUT2D eigenvalue weighted by Gasteiger charge is 2.16. The van der Waals surface area contributed by atoms with E-state index in [9.17, 15) is 0 Å². The lowest BCUT2D eigenvalue weighted by Gasteiger charge is -2.33. The molecule has 0 saturated carbocycles. The van der Waals surface area contributed by atoms with Crippen molar-refractivity contribution < 1.29 is 0 Å². The normalized spacial score (nSPS) is 17.2. The Morgan fingerprint density at radius 2 is 1.93 bits per heavy atom. The van der Waals surface area contributed by atoms with Gasteiger partial charge in [0.05, 0.1) is 23.6 Å². The molecule has 4 heterocycles. The zero-order valence-electron chi connectivity index (χ0n) is 17.5. The molecule has 154 valence electrons. The van der Waals surface area contributed by atoms with Crippen LogP contribution in [0.4, 0.5) is 17.5 Å². The molecule has 30 heavy (non-hydrogen) atoms. The third-order valence-corrected chi connectivity index (χ3v) is 5.52. The first-order valence-corrected chi connectivity index (χ1v) is 10.4. The fraction of sp³-hybridized carbons (Fsp3) is 0.364. The molecule has 2 N–H and O–H groups in total. The van der Waals surface area contributed by atoms with Crippen LogP contribution in [0.25, 0.3) is 21.8 Å². The van der Waals surface area contributed by atoms with Crippen LogP contribution < -0.4 is 15.5 Å². The van der Waals surface area contributed by atoms with Gasteiger partial charge in [-0.2, -0.15) is 5.10 Å². The first-order valence-electron chi connectivity index (χ1n) is 10.4. The highest BCUT2D eigenvalue weighted by molar-refractivity contribution is 6.03. The Bertz CT molecular complexity index is 1180. The van der Waals surface area contributed by atoms with Crippen molar-refractivity contribution in [2.45, 2.75) is 32.9 Å². The van der Waals surface area contributed by atoms with Crippen LogP contribution in [-0.4, -0.2) is 50.4 Å². The van der Waals surface area contributed by atoms with Crippen molar-refractivity contribution >= 4 is 39.3 Å². The molecule has 4 aromatic rings. The molecule has 3 aromatic heterocycles. The number of anilines is 3. The highest BCUT2D eigenvalue weighted by Crippen LogP contribution is 2.27. The van der Waals surface area contributed by atoms with Gasteiger partial charge in [-0.1, -0.05) is 12.1 Å². The zero-order chi connectivity index (χ0) is 20.7. The van der Waals surface area contributed by atoms with E-state index in [0.717, 1.165) is 52.9 Å². The molecule has 0 spiro atoms. The largest absolute Gasteiger partial charge is 0.367 e. The zero-order valence-corrected chi connectivity index (χ0v) is 17.5. The molecule has 1 aliphatic heterocycles. The van der Waals surface area contributed by atoms with Gasteiger partial charge in [-0.15, -0.1) is 0 Å². The smallest absolute Gasteiger partial charge is 0.228 e. The second-order valence-corrected chi connectivity index (χ2v) is 8.15. The van der Waals surface area contributed by atoms with Gasteiger partial charge in [0.2, 0.25) is 5.95 Å². The summed E-state index contributed by atoms with van der Waals surface area (Å²) >= 11 is 0. The molecule has 0 unspecified atom stereocenters. The average Bonchev–Trinajstić information content (AvgIpc) is 3.19. The number of nitrogens with one attached hydrogen (secondary N) is 2. The first-order chi connectivity index (χ1) is 14.6. The van der Waals surface area contributed by atoms with E-state index in [2.05, 4.69) is 63.5 Å². The molecule has 0 amide bonds. The van der Waals surface area contributed by atoms with Crippen LogP contribution in [0, 0.1) is 0 Å². The molecule has 1 atom stereocenters. The van der Waals surface area contributed by atoms with Crippen molar-refractivity contribution in [3.05, 3.63) is 42.9 Å². The maximum absolute atomic E-state index is 4.79. The Morgan fingerprint density at radius 3 is 2.70 bits per heavy atom. The lowest BCUT2D eigenvalue weighted by molar-refractivity contribution is 0.484. The summed E-state index contributed by atoms with van der Waals surface area (Å²) in [6, 6.07) is 8.92. The lowest BCUT2D eigenvalue weighted by Crippen LogP contribution is -2.49. The summed E-state index contributed by atoms with van der Waals surface area (Å²) in [6.07, 6.45) is 5.65. The van der Waals surface area contributed by atoms with Gasteiger partial charge in [0, 0.05) is 48.7 Å². The molecule has 8 heteroatoms. The summed E-state index contributed by atoms with van der Waals surface area (Å²) in [5.74, 6) is 1.26. The van der Waals surface area contributed by atoms with E-state index in [1.165, 1.54) is 0 Å². The van der Waals surface area contributed by atoms with Gasteiger partial charge >= 0.3 is 0 Å². The number of nitrogens with zero attached hydrogens (tertiary/aromatic N) is 6. The number of aromatic nitrogens is 5. The molecule has 1 aliphatic rings. The van der Waals surface area contributed by atoms with E-state index in [1.54, 1.807) is 0 Å². The molecule has 5 rings (SSSR count). The quantitative estimate of drug-likeness (QED) is 0.540. The van der Waals surface area contributed by atoms with Gasteiger partial charge in [-0.05, 0) is 32.9 Å². The average molecular weight is 403 g/mol. The van der Waals surface area contributed by atoms with Gasteiger partial charge in [0.25, 0.3) is 0 Å². The van der Waals surface area contributed by atoms with Crippen LogP contribution in [-0.2, 0) is 0 Å². The Labute approximate surface area is 175 Å². The summed E-state index contributed by atoms with van der Waals surface area (Å²) in [6.45, 7) is 9.42. The van der Waals surface area contributed by atoms with Crippen molar-refractivity contribution in [1.29, 1.82) is 0 Å². The summed E-state index contributed by atoms with van der Waals surface area (Å²) in [4.78, 5) is 16.2. The van der Waals surface area contributed by atoms with Crippen LogP contribution in [0.3, 0.4) is 0 Å². The molecule has 1 aromatic carbocycles. The summed E-state index contributed by atoms with van der Waals surface area (Å²) < 4.78 is 2.01. The first kappa shape index (κ1) is 18.7. The van der Waals surface area contributed by atoms with Crippen LogP contribution in [0.5, 0.6) is 0 Å². The van der Waals surface area contributed by atoms with Crippen LogP contribution in [0.2, 0.25) is 0 Å². The number of hydrogen-bond donors (Lipinski definition) is 2. The predicted molar refractivity (Wildman–Crippen MR) is 120 cm³/mol. The van der Waals surface area contributed by atoms with Gasteiger partial charge < -0.3 is 15.5 Å². The lowest BCUT2D eigenvalue weighted by atomic mass is 10.2. The van der Waals surface area contributed by atoms with Gasteiger partial charge in [0.15, 0.2) is 0 Å². The van der Waals surface area contributed by atoms with E-state index >= 15 is 0 Å². The molecule has 0 aliphatic carbocycles. The standard InChI is InChI=1S/C22H26N8/c1-14(2)30-21-17(11-26-30)5-4-16-10-25-22(28-20(16)21)27-19-7-6-18(12-24-19)29-9-8-23-15(3)13-29/h4-7,10-12,14-15,23H,8-9,13H2,1-3H3,(H,24,25,27,28)/t15-/m0/s1. The second-order valence-electron chi connectivity index (χ2n) is 8.15. The van der Waals surface area contributed by atoms with Crippen molar-refractivity contribution in [1.82, 2.24) is 30.0 Å². The van der Waals surface area contributed by atoms with E-state index < -0.39 is 0 Å². The van der Waals surface area contributed by atoms with Gasteiger partial charge in [0.1, 0.15) is 11.3 Å². The molecule has 8 nitrogen and oxygen atoms in total. The summed E-state index contributed by atoms with van der Waals surface area (Å²) in [5, 5.41) is 13.3. The molecule has 0 bridgehead atoms. The number of hydrogen-bond acceptors (Lipinski definition) is 7. The van der Waals surface area contributed by atoms with Gasteiger partial charge in [-0.25, -0.2) is 15.0 Å². The van der Waals surface area contributed by atoms with E-state index in [-0.39, 0.29) is 6.04 Å². The molecule has 1 saturated heterocycles. The van der Waals surface area contributed by atoms with Crippen LogP contribution in [0.15, 0.2) is 42.9 Å². The highest BCUT2D eigenvalue weighted by atomic mass is 15.3. The monoisotopic (exact) mass is 402 g/mol. The minimum atomic E-state index is 0.251. The third-order valence-electron chi connectivity index (χ3n) is 5.52. The maximum atomic E-state index is 4.79. The fourth-order valence-electron chi connectivity index (χ4n) is 4.01. The molecule has 0 radical (unpaired) electrons.